The minimum Gasteiger partial charge on any atom is -0.352 e. The number of nitrogens with one attached hydrogen (secondary N) is 3. The molecule has 2 amide bonds. The Morgan fingerprint density at radius 1 is 0.927 bits per heavy atom. The van der Waals surface area contributed by atoms with E-state index in [4.69, 9.17) is 23.2 Å². The summed E-state index contributed by atoms with van der Waals surface area (Å²) in [6, 6.07) is 25.8. The summed E-state index contributed by atoms with van der Waals surface area (Å²) in [5.41, 5.74) is 2.87. The van der Waals surface area contributed by atoms with E-state index in [0.717, 1.165) is 13.0 Å². The fourth-order valence-corrected chi connectivity index (χ4v) is 5.61. The van der Waals surface area contributed by atoms with E-state index < -0.39 is 0 Å². The van der Waals surface area contributed by atoms with Crippen LogP contribution in [0.15, 0.2) is 78.9 Å². The van der Waals surface area contributed by atoms with Gasteiger partial charge in [-0.3, -0.25) is 9.59 Å². The van der Waals surface area contributed by atoms with Gasteiger partial charge in [-0.25, -0.2) is 0 Å². The zero-order valence-corrected chi connectivity index (χ0v) is 25.3. The van der Waals surface area contributed by atoms with Crippen LogP contribution >= 0.6 is 23.2 Å². The van der Waals surface area contributed by atoms with E-state index in [0.29, 0.717) is 54.1 Å². The largest absolute Gasteiger partial charge is 0.352 e. The number of hydrogen-bond acceptors (Lipinski definition) is 4. The fourth-order valence-electron chi connectivity index (χ4n) is 5.31. The number of carbonyl (C=O) groups is 2. The molecule has 0 saturated carbocycles. The summed E-state index contributed by atoms with van der Waals surface area (Å²) in [5, 5.41) is 10.8. The van der Waals surface area contributed by atoms with Crippen LogP contribution in [0.5, 0.6) is 0 Å². The predicted octanol–water partition coefficient (Wildman–Crippen LogP) is 5.89. The van der Waals surface area contributed by atoms with Gasteiger partial charge < -0.3 is 20.9 Å². The number of rotatable bonds is 12. The molecular weight excluding hydrogens is 555 g/mol. The fraction of sp³-hybridized carbons (Fsp3) is 0.394. The smallest absolute Gasteiger partial charge is 0.251 e. The molecule has 0 spiro atoms. The highest BCUT2D eigenvalue weighted by molar-refractivity contribution is 6.42. The van der Waals surface area contributed by atoms with Crippen LogP contribution in [0.3, 0.4) is 0 Å². The Balaban J connectivity index is 1.45. The topological polar surface area (TPSA) is 73.5 Å². The molecule has 0 bridgehead atoms. The highest BCUT2D eigenvalue weighted by Gasteiger charge is 2.32. The lowest BCUT2D eigenvalue weighted by molar-refractivity contribution is -0.133. The average Bonchev–Trinajstić information content (AvgIpc) is 3.12. The minimum absolute atomic E-state index is 0.0813. The Labute approximate surface area is 253 Å². The van der Waals surface area contributed by atoms with E-state index in [1.54, 1.807) is 18.2 Å². The standard InChI is InChI=1S/C33H40Cl2N4O2/c1-23(2)36-19-16-31-33(41)39(22-28(24-9-5-3-6-10-24)25-11-7-4-8-12-25)20-17-27(38-31)15-18-37-32(40)26-13-14-29(34)30(35)21-26/h3-14,21,23,27-28,31,36,38H,15-20,22H2,1-2H3,(H,37,40). The Kier molecular flexibility index (Phi) is 11.6. The second-order valence-corrected chi connectivity index (χ2v) is 11.7. The molecule has 218 valence electrons. The number of nitrogens with zero attached hydrogens (tertiary/aromatic N) is 1. The first-order chi connectivity index (χ1) is 19.8. The maximum Gasteiger partial charge on any atom is 0.251 e. The third kappa shape index (κ3) is 9.04. The highest BCUT2D eigenvalue weighted by Crippen LogP contribution is 2.27. The van der Waals surface area contributed by atoms with Gasteiger partial charge in [0.25, 0.3) is 5.91 Å². The van der Waals surface area contributed by atoms with Gasteiger partial charge in [0, 0.05) is 43.2 Å². The minimum atomic E-state index is -0.299. The maximum atomic E-state index is 13.9. The summed E-state index contributed by atoms with van der Waals surface area (Å²) < 4.78 is 0. The summed E-state index contributed by atoms with van der Waals surface area (Å²) >= 11 is 12.1. The first-order valence-corrected chi connectivity index (χ1v) is 15.2. The Bertz CT molecular complexity index is 1230. The molecule has 3 N–H and O–H groups in total. The Morgan fingerprint density at radius 3 is 2.20 bits per heavy atom. The second kappa shape index (κ2) is 15.4. The summed E-state index contributed by atoms with van der Waals surface area (Å²) in [7, 11) is 0. The van der Waals surface area contributed by atoms with E-state index in [2.05, 4.69) is 78.3 Å². The summed E-state index contributed by atoms with van der Waals surface area (Å²) in [5.74, 6) is 0.0220. The van der Waals surface area contributed by atoms with Gasteiger partial charge in [-0.1, -0.05) is 97.7 Å². The van der Waals surface area contributed by atoms with Crippen molar-refractivity contribution in [3.63, 3.8) is 0 Å². The van der Waals surface area contributed by atoms with Gasteiger partial charge in [-0.15, -0.1) is 0 Å². The van der Waals surface area contributed by atoms with Crippen molar-refractivity contribution >= 4 is 35.0 Å². The molecule has 1 heterocycles. The zero-order valence-electron chi connectivity index (χ0n) is 23.8. The first kappa shape index (κ1) is 31.0. The lowest BCUT2D eigenvalue weighted by Gasteiger charge is -2.29. The molecule has 1 fully saturated rings. The molecule has 4 rings (SSSR count). The second-order valence-electron chi connectivity index (χ2n) is 10.9. The van der Waals surface area contributed by atoms with Crippen molar-refractivity contribution in [1.29, 1.82) is 0 Å². The van der Waals surface area contributed by atoms with Crippen molar-refractivity contribution in [3.05, 3.63) is 106 Å². The molecule has 41 heavy (non-hydrogen) atoms. The third-order valence-corrected chi connectivity index (χ3v) is 8.29. The first-order valence-electron chi connectivity index (χ1n) is 14.4. The van der Waals surface area contributed by atoms with Crippen molar-refractivity contribution in [2.75, 3.05) is 26.2 Å². The lowest BCUT2D eigenvalue weighted by atomic mass is 9.90. The van der Waals surface area contributed by atoms with E-state index >= 15 is 0 Å². The van der Waals surface area contributed by atoms with Crippen molar-refractivity contribution < 1.29 is 9.59 Å². The number of hydrogen-bond donors (Lipinski definition) is 3. The Morgan fingerprint density at radius 2 is 1.59 bits per heavy atom. The molecule has 6 nitrogen and oxygen atoms in total. The van der Waals surface area contributed by atoms with E-state index in [-0.39, 0.29) is 29.8 Å². The molecule has 0 radical (unpaired) electrons. The maximum absolute atomic E-state index is 13.9. The van der Waals surface area contributed by atoms with Gasteiger partial charge in [0.15, 0.2) is 0 Å². The van der Waals surface area contributed by atoms with Crippen molar-refractivity contribution in [1.82, 2.24) is 20.9 Å². The van der Waals surface area contributed by atoms with Gasteiger partial charge in [0.05, 0.1) is 16.1 Å². The van der Waals surface area contributed by atoms with E-state index in [1.165, 1.54) is 11.1 Å². The summed E-state index contributed by atoms with van der Waals surface area (Å²) in [6.45, 7) is 6.72. The zero-order chi connectivity index (χ0) is 29.2. The molecular formula is C33H40Cl2N4O2. The van der Waals surface area contributed by atoms with Crippen LogP contribution < -0.4 is 16.0 Å². The molecule has 3 aromatic carbocycles. The average molecular weight is 596 g/mol. The van der Waals surface area contributed by atoms with Crippen molar-refractivity contribution in [2.24, 2.45) is 0 Å². The predicted molar refractivity (Wildman–Crippen MR) is 168 cm³/mol. The van der Waals surface area contributed by atoms with Gasteiger partial charge in [0.1, 0.15) is 0 Å². The van der Waals surface area contributed by atoms with E-state index in [9.17, 15) is 9.59 Å². The molecule has 1 aliphatic heterocycles. The summed E-state index contributed by atoms with van der Waals surface area (Å²) in [4.78, 5) is 28.6. The number of amides is 2. The van der Waals surface area contributed by atoms with Crippen LogP contribution in [0.2, 0.25) is 10.0 Å². The van der Waals surface area contributed by atoms with Crippen molar-refractivity contribution in [3.8, 4) is 0 Å². The van der Waals surface area contributed by atoms with Crippen LogP contribution in [0, 0.1) is 0 Å². The SMILES string of the molecule is CC(C)NCCC1NC(CCNC(=O)c2ccc(Cl)c(Cl)c2)CCN(CC(c2ccccc2)c2ccccc2)C1=O. The van der Waals surface area contributed by atoms with Crippen molar-refractivity contribution in [2.45, 2.75) is 57.2 Å². The van der Waals surface area contributed by atoms with Gasteiger partial charge in [0.2, 0.25) is 5.91 Å². The van der Waals surface area contributed by atoms with Crippen LogP contribution in [0.1, 0.15) is 60.5 Å². The van der Waals surface area contributed by atoms with Crippen LogP contribution in [-0.4, -0.2) is 61.0 Å². The van der Waals surface area contributed by atoms with Crippen LogP contribution in [-0.2, 0) is 4.79 Å². The monoisotopic (exact) mass is 594 g/mol. The number of benzene rings is 3. The molecule has 1 saturated heterocycles. The van der Waals surface area contributed by atoms with Crippen LogP contribution in [0.25, 0.3) is 0 Å². The quantitative estimate of drug-likeness (QED) is 0.244. The number of carbonyl (C=O) groups excluding carboxylic acids is 2. The third-order valence-electron chi connectivity index (χ3n) is 7.55. The van der Waals surface area contributed by atoms with Crippen LogP contribution in [0.4, 0.5) is 0 Å². The van der Waals surface area contributed by atoms with Gasteiger partial charge in [-0.2, -0.15) is 0 Å². The molecule has 0 aliphatic carbocycles. The molecule has 1 aliphatic rings. The molecule has 3 aromatic rings. The lowest BCUT2D eigenvalue weighted by Crippen LogP contribution is -2.48. The highest BCUT2D eigenvalue weighted by atomic mass is 35.5. The molecule has 0 aromatic heterocycles. The normalized spacial score (nSPS) is 17.6. The Hall–Kier alpha value is -2.90. The number of halogens is 2. The molecule has 8 heteroatoms. The summed E-state index contributed by atoms with van der Waals surface area (Å²) in [6.07, 6.45) is 2.21. The van der Waals surface area contributed by atoms with Gasteiger partial charge in [-0.05, 0) is 55.1 Å². The molecule has 2 unspecified atom stereocenters. The molecule has 2 atom stereocenters. The van der Waals surface area contributed by atoms with Gasteiger partial charge >= 0.3 is 0 Å². The van der Waals surface area contributed by atoms with E-state index in [1.807, 2.05) is 17.0 Å².